The number of aromatic nitrogens is 4. The number of hydrogen-bond donors (Lipinski definition) is 2. The standard InChI is InChI=1S/C42H37ClFN7O2/c1-3-50(4-2)28-53-41-45-27-36(44)39(48-41)46-34-24-25-37-35(26-34)38(47-40(52)29-20-22-33(43)23-21-29)49-51(37)42(30-14-8-5-9-15-30,31-16-10-6-11-17-31)32-18-12-7-13-19-32/h5-27H,3-4,28H2,1-2H3,(H,45,46,48)(H,47,49,52). The van der Waals surface area contributed by atoms with E-state index in [9.17, 15) is 4.79 Å². The number of nitrogens with one attached hydrogen (secondary N) is 2. The summed E-state index contributed by atoms with van der Waals surface area (Å²) >= 11 is 6.13. The van der Waals surface area contributed by atoms with Gasteiger partial charge in [0, 0.05) is 21.7 Å². The van der Waals surface area contributed by atoms with Crippen LogP contribution in [0.1, 0.15) is 40.9 Å². The van der Waals surface area contributed by atoms with Crippen molar-refractivity contribution in [3.8, 4) is 6.01 Å². The average Bonchev–Trinajstić information content (AvgIpc) is 3.55. The molecule has 0 aliphatic carbocycles. The van der Waals surface area contributed by atoms with Gasteiger partial charge in [0.2, 0.25) is 0 Å². The van der Waals surface area contributed by atoms with Gasteiger partial charge in [-0.3, -0.25) is 9.69 Å². The Hall–Kier alpha value is -6.10. The number of anilines is 3. The lowest BCUT2D eigenvalue weighted by Crippen LogP contribution is -2.38. The second-order valence-corrected chi connectivity index (χ2v) is 12.7. The van der Waals surface area contributed by atoms with Gasteiger partial charge >= 0.3 is 6.01 Å². The van der Waals surface area contributed by atoms with Crippen molar-refractivity contribution in [2.45, 2.75) is 19.4 Å². The Kier molecular flexibility index (Phi) is 10.4. The number of hydrogen-bond acceptors (Lipinski definition) is 7. The Morgan fingerprint density at radius 2 is 1.40 bits per heavy atom. The fourth-order valence-electron chi connectivity index (χ4n) is 6.43. The number of carbonyl (C=O) groups excluding carboxylic acids is 1. The highest BCUT2D eigenvalue weighted by molar-refractivity contribution is 6.30. The van der Waals surface area contributed by atoms with Gasteiger partial charge in [-0.05, 0) is 72.2 Å². The maximum Gasteiger partial charge on any atom is 0.319 e. The average molecular weight is 726 g/mol. The van der Waals surface area contributed by atoms with Crippen LogP contribution in [0, 0.1) is 5.82 Å². The van der Waals surface area contributed by atoms with E-state index in [1.54, 1.807) is 24.3 Å². The zero-order valence-corrected chi connectivity index (χ0v) is 30.0. The second-order valence-electron chi connectivity index (χ2n) is 12.3. The van der Waals surface area contributed by atoms with Crippen molar-refractivity contribution in [2.24, 2.45) is 0 Å². The maximum absolute atomic E-state index is 15.2. The third-order valence-corrected chi connectivity index (χ3v) is 9.42. The molecule has 5 aromatic carbocycles. The number of carbonyl (C=O) groups is 1. The molecule has 0 radical (unpaired) electrons. The van der Waals surface area contributed by atoms with Crippen molar-refractivity contribution in [3.05, 3.63) is 173 Å². The van der Waals surface area contributed by atoms with Gasteiger partial charge in [-0.1, -0.05) is 116 Å². The Balaban J connectivity index is 1.40. The molecule has 2 heterocycles. The topological polar surface area (TPSA) is 97.2 Å². The third-order valence-electron chi connectivity index (χ3n) is 9.17. The molecule has 7 aromatic rings. The van der Waals surface area contributed by atoms with Gasteiger partial charge < -0.3 is 15.4 Å². The molecule has 0 atom stereocenters. The van der Waals surface area contributed by atoms with Crippen LogP contribution in [0.15, 0.2) is 140 Å². The van der Waals surface area contributed by atoms with Crippen molar-refractivity contribution in [1.82, 2.24) is 24.6 Å². The zero-order chi connectivity index (χ0) is 36.8. The molecule has 2 aromatic heterocycles. The third kappa shape index (κ3) is 7.19. The van der Waals surface area contributed by atoms with Gasteiger partial charge in [0.1, 0.15) is 12.3 Å². The second kappa shape index (κ2) is 15.6. The number of ether oxygens (including phenoxy) is 1. The summed E-state index contributed by atoms with van der Waals surface area (Å²) < 4.78 is 22.9. The molecule has 0 saturated heterocycles. The number of fused-ring (bicyclic) bond motifs is 1. The van der Waals surface area contributed by atoms with E-state index in [1.165, 1.54) is 0 Å². The number of halogens is 2. The molecule has 0 aliphatic rings. The first-order chi connectivity index (χ1) is 25.9. The highest BCUT2D eigenvalue weighted by Crippen LogP contribution is 2.44. The number of nitrogens with zero attached hydrogens (tertiary/aromatic N) is 5. The molecular weight excluding hydrogens is 689 g/mol. The molecule has 0 bridgehead atoms. The molecule has 1 amide bonds. The molecule has 266 valence electrons. The van der Waals surface area contributed by atoms with Crippen LogP contribution in [0.5, 0.6) is 6.01 Å². The summed E-state index contributed by atoms with van der Waals surface area (Å²) in [7, 11) is 0. The first kappa shape index (κ1) is 35.3. The molecule has 0 fully saturated rings. The van der Waals surface area contributed by atoms with E-state index in [0.29, 0.717) is 33.0 Å². The number of benzene rings is 5. The summed E-state index contributed by atoms with van der Waals surface area (Å²) in [5.74, 6) is -0.765. The first-order valence-electron chi connectivity index (χ1n) is 17.3. The number of rotatable bonds is 13. The summed E-state index contributed by atoms with van der Waals surface area (Å²) in [5.41, 5.74) is 3.53. The normalized spacial score (nSPS) is 11.5. The van der Waals surface area contributed by atoms with Gasteiger partial charge in [0.25, 0.3) is 5.91 Å². The van der Waals surface area contributed by atoms with Crippen LogP contribution in [0.2, 0.25) is 5.02 Å². The highest BCUT2D eigenvalue weighted by atomic mass is 35.5. The van der Waals surface area contributed by atoms with Crippen LogP contribution >= 0.6 is 11.6 Å². The first-order valence-corrected chi connectivity index (χ1v) is 17.7. The molecular formula is C42H37ClFN7O2. The van der Waals surface area contributed by atoms with Gasteiger partial charge in [-0.2, -0.15) is 10.1 Å². The van der Waals surface area contributed by atoms with E-state index in [-0.39, 0.29) is 24.5 Å². The van der Waals surface area contributed by atoms with E-state index >= 15 is 4.39 Å². The SMILES string of the molecule is CCN(CC)COc1ncc(F)c(Nc2ccc3c(c2)c(NC(=O)c2ccc(Cl)cc2)nn3C(c2ccccc2)(c2ccccc2)c2ccccc2)n1. The van der Waals surface area contributed by atoms with Gasteiger partial charge in [0.15, 0.2) is 17.5 Å². The quantitative estimate of drug-likeness (QED) is 0.0904. The van der Waals surface area contributed by atoms with E-state index < -0.39 is 11.4 Å². The minimum atomic E-state index is -0.976. The predicted molar refractivity (Wildman–Crippen MR) is 207 cm³/mol. The fourth-order valence-corrected chi connectivity index (χ4v) is 6.56. The Bertz CT molecular complexity index is 2220. The van der Waals surface area contributed by atoms with Crippen molar-refractivity contribution < 1.29 is 13.9 Å². The molecule has 0 aliphatic heterocycles. The lowest BCUT2D eigenvalue weighted by Gasteiger charge is -2.37. The van der Waals surface area contributed by atoms with E-state index in [0.717, 1.165) is 36.0 Å². The summed E-state index contributed by atoms with van der Waals surface area (Å²) in [6.07, 6.45) is 1.08. The van der Waals surface area contributed by atoms with Gasteiger partial charge in [-0.25, -0.2) is 14.1 Å². The van der Waals surface area contributed by atoms with E-state index in [2.05, 4.69) is 57.0 Å². The molecule has 0 unspecified atom stereocenters. The summed E-state index contributed by atoms with van der Waals surface area (Å²) in [5, 5.41) is 12.5. The fraction of sp³-hybridized carbons (Fsp3) is 0.143. The lowest BCUT2D eigenvalue weighted by atomic mass is 9.77. The summed E-state index contributed by atoms with van der Waals surface area (Å²) in [6.45, 7) is 5.89. The van der Waals surface area contributed by atoms with Crippen molar-refractivity contribution in [1.29, 1.82) is 0 Å². The van der Waals surface area contributed by atoms with Crippen LogP contribution in [0.25, 0.3) is 10.9 Å². The van der Waals surface area contributed by atoms with Crippen LogP contribution in [0.4, 0.5) is 21.7 Å². The monoisotopic (exact) mass is 725 g/mol. The summed E-state index contributed by atoms with van der Waals surface area (Å²) in [6, 6.07) is 42.7. The molecule has 11 heteroatoms. The zero-order valence-electron chi connectivity index (χ0n) is 29.2. The van der Waals surface area contributed by atoms with Gasteiger partial charge in [-0.15, -0.1) is 0 Å². The molecule has 2 N–H and O–H groups in total. The molecule has 0 spiro atoms. The Morgan fingerprint density at radius 1 is 0.811 bits per heavy atom. The minimum Gasteiger partial charge on any atom is -0.447 e. The molecule has 53 heavy (non-hydrogen) atoms. The van der Waals surface area contributed by atoms with Crippen molar-refractivity contribution >= 4 is 45.7 Å². The minimum absolute atomic E-state index is 0.0454. The Morgan fingerprint density at radius 3 is 1.96 bits per heavy atom. The van der Waals surface area contributed by atoms with Crippen LogP contribution < -0.4 is 15.4 Å². The van der Waals surface area contributed by atoms with Crippen LogP contribution in [0.3, 0.4) is 0 Å². The molecule has 7 rings (SSSR count). The van der Waals surface area contributed by atoms with E-state index in [4.69, 9.17) is 21.4 Å². The highest BCUT2D eigenvalue weighted by Gasteiger charge is 2.41. The molecule has 9 nitrogen and oxygen atoms in total. The Labute approximate surface area is 312 Å². The largest absolute Gasteiger partial charge is 0.447 e. The maximum atomic E-state index is 15.2. The predicted octanol–water partition coefficient (Wildman–Crippen LogP) is 9.13. The summed E-state index contributed by atoms with van der Waals surface area (Å²) in [4.78, 5) is 24.1. The van der Waals surface area contributed by atoms with Crippen molar-refractivity contribution in [3.63, 3.8) is 0 Å². The van der Waals surface area contributed by atoms with Crippen LogP contribution in [-0.4, -0.2) is 50.4 Å². The lowest BCUT2D eigenvalue weighted by molar-refractivity contribution is 0.102. The van der Waals surface area contributed by atoms with Crippen LogP contribution in [-0.2, 0) is 5.54 Å². The van der Waals surface area contributed by atoms with Gasteiger partial charge in [0.05, 0.1) is 11.7 Å². The van der Waals surface area contributed by atoms with Crippen molar-refractivity contribution in [2.75, 3.05) is 30.5 Å². The van der Waals surface area contributed by atoms with E-state index in [1.807, 2.05) is 96.2 Å². The number of amides is 1. The molecule has 0 saturated carbocycles. The smallest absolute Gasteiger partial charge is 0.319 e.